The summed E-state index contributed by atoms with van der Waals surface area (Å²) in [5.74, 6) is 1.46. The molecule has 158 valence electrons. The average Bonchev–Trinajstić information content (AvgIpc) is 3.60. The highest BCUT2D eigenvalue weighted by Gasteiger charge is 2.22. The van der Waals surface area contributed by atoms with Crippen molar-refractivity contribution in [1.82, 2.24) is 4.98 Å². The van der Waals surface area contributed by atoms with Crippen molar-refractivity contribution in [3.05, 3.63) is 70.9 Å². The number of nitrogens with zero attached hydrogens (tertiary/aromatic N) is 2. The molecule has 0 aliphatic heterocycles. The fourth-order valence-electron chi connectivity index (χ4n) is 3.56. The summed E-state index contributed by atoms with van der Waals surface area (Å²) in [6.45, 7) is 5.22. The summed E-state index contributed by atoms with van der Waals surface area (Å²) in [6, 6.07) is 17.3. The molecule has 0 radical (unpaired) electrons. The second-order valence-electron chi connectivity index (χ2n) is 8.36. The van der Waals surface area contributed by atoms with Crippen LogP contribution in [0.2, 0.25) is 0 Å². The van der Waals surface area contributed by atoms with E-state index in [1.54, 1.807) is 12.1 Å². The summed E-state index contributed by atoms with van der Waals surface area (Å²) in [5.41, 5.74) is 4.81. The van der Waals surface area contributed by atoms with Gasteiger partial charge in [0.15, 0.2) is 0 Å². The van der Waals surface area contributed by atoms with Gasteiger partial charge in [0.2, 0.25) is 0 Å². The predicted molar refractivity (Wildman–Crippen MR) is 122 cm³/mol. The number of nitriles is 1. The molecule has 1 N–H and O–H groups in total. The molecule has 0 unspecified atom stereocenters. The molecule has 0 saturated heterocycles. The molecule has 1 heterocycles. The molecule has 3 aromatic rings. The molecular weight excluding hydrogens is 386 g/mol. The number of rotatable bonds is 9. The normalized spacial score (nSPS) is 14.2. The van der Waals surface area contributed by atoms with Crippen molar-refractivity contribution in [3.63, 3.8) is 0 Å². The highest BCUT2D eigenvalue weighted by atomic mass is 16.5. The third-order valence-corrected chi connectivity index (χ3v) is 5.53. The van der Waals surface area contributed by atoms with Crippen LogP contribution in [-0.4, -0.2) is 23.4 Å². The topological polar surface area (TPSA) is 79.0 Å². The van der Waals surface area contributed by atoms with Crippen molar-refractivity contribution >= 4 is 16.6 Å². The van der Waals surface area contributed by atoms with Crippen LogP contribution in [0.4, 0.5) is 0 Å². The van der Waals surface area contributed by atoms with Crippen molar-refractivity contribution in [3.8, 4) is 11.8 Å². The number of hydrogen-bond donors (Lipinski definition) is 1. The second-order valence-corrected chi connectivity index (χ2v) is 8.36. The first-order chi connectivity index (χ1) is 15.0. The number of fused-ring (bicyclic) bond motifs is 1. The Hall–Kier alpha value is -3.23. The van der Waals surface area contributed by atoms with Crippen LogP contribution in [0.5, 0.6) is 5.75 Å². The van der Waals surface area contributed by atoms with Gasteiger partial charge >= 0.3 is 0 Å². The SMILES string of the molecule is Cc1cc(C(=N)C[C@H](C)OCC2CC2)c2ccc(OCc3ccc(C#N)cc3)cc2n1. The lowest BCUT2D eigenvalue weighted by atomic mass is 9.99. The van der Waals surface area contributed by atoms with Crippen LogP contribution in [0, 0.1) is 29.6 Å². The maximum absolute atomic E-state index is 8.91. The molecule has 1 atom stereocenters. The Morgan fingerprint density at radius 3 is 2.68 bits per heavy atom. The van der Waals surface area contributed by atoms with Crippen LogP contribution in [-0.2, 0) is 11.3 Å². The van der Waals surface area contributed by atoms with Crippen LogP contribution in [0.25, 0.3) is 10.9 Å². The van der Waals surface area contributed by atoms with Crippen LogP contribution >= 0.6 is 0 Å². The zero-order valence-corrected chi connectivity index (χ0v) is 18.0. The molecule has 1 aliphatic rings. The summed E-state index contributed by atoms with van der Waals surface area (Å²) < 4.78 is 11.9. The summed E-state index contributed by atoms with van der Waals surface area (Å²) in [5, 5.41) is 18.5. The monoisotopic (exact) mass is 413 g/mol. The number of hydrogen-bond acceptors (Lipinski definition) is 5. The smallest absolute Gasteiger partial charge is 0.122 e. The Kier molecular flexibility index (Phi) is 6.29. The Bertz CT molecular complexity index is 1130. The number of aryl methyl sites for hydroxylation is 1. The van der Waals surface area contributed by atoms with E-state index in [9.17, 15) is 0 Å². The minimum atomic E-state index is 0.0339. The number of aromatic nitrogens is 1. The molecule has 1 aromatic heterocycles. The molecule has 4 rings (SSSR count). The number of benzene rings is 2. The molecule has 0 bridgehead atoms. The van der Waals surface area contributed by atoms with Gasteiger partial charge in [-0.1, -0.05) is 12.1 Å². The highest BCUT2D eigenvalue weighted by Crippen LogP contribution is 2.30. The van der Waals surface area contributed by atoms with Crippen LogP contribution in [0.1, 0.15) is 48.6 Å². The molecule has 2 aromatic carbocycles. The fraction of sp³-hybridized carbons (Fsp3) is 0.346. The van der Waals surface area contributed by atoms with E-state index in [1.807, 2.05) is 50.2 Å². The maximum Gasteiger partial charge on any atom is 0.122 e. The Morgan fingerprint density at radius 2 is 1.97 bits per heavy atom. The lowest BCUT2D eigenvalue weighted by Gasteiger charge is -2.16. The van der Waals surface area contributed by atoms with Crippen molar-refractivity contribution in [2.75, 3.05) is 6.61 Å². The maximum atomic E-state index is 8.91. The van der Waals surface area contributed by atoms with E-state index in [-0.39, 0.29) is 6.10 Å². The van der Waals surface area contributed by atoms with E-state index < -0.39 is 0 Å². The Morgan fingerprint density at radius 1 is 1.19 bits per heavy atom. The van der Waals surface area contributed by atoms with Gasteiger partial charge in [0.1, 0.15) is 12.4 Å². The lowest BCUT2D eigenvalue weighted by Crippen LogP contribution is -2.16. The van der Waals surface area contributed by atoms with Gasteiger partial charge in [-0.3, -0.25) is 4.98 Å². The third kappa shape index (κ3) is 5.48. The number of ether oxygens (including phenoxy) is 2. The van der Waals surface area contributed by atoms with Gasteiger partial charge < -0.3 is 14.9 Å². The summed E-state index contributed by atoms with van der Waals surface area (Å²) in [6.07, 6.45) is 3.16. The first kappa shape index (κ1) is 21.0. The number of nitrogens with one attached hydrogen (secondary N) is 1. The molecule has 1 saturated carbocycles. The lowest BCUT2D eigenvalue weighted by molar-refractivity contribution is 0.0632. The first-order valence-electron chi connectivity index (χ1n) is 10.7. The van der Waals surface area contributed by atoms with Crippen molar-refractivity contribution in [1.29, 1.82) is 10.7 Å². The van der Waals surface area contributed by atoms with Crippen LogP contribution < -0.4 is 4.74 Å². The molecule has 0 amide bonds. The van der Waals surface area contributed by atoms with E-state index in [2.05, 4.69) is 11.1 Å². The molecule has 1 fully saturated rings. The van der Waals surface area contributed by atoms with E-state index in [1.165, 1.54) is 12.8 Å². The van der Waals surface area contributed by atoms with Crippen LogP contribution in [0.3, 0.4) is 0 Å². The average molecular weight is 414 g/mol. The van der Waals surface area contributed by atoms with Gasteiger partial charge in [-0.2, -0.15) is 5.26 Å². The fourth-order valence-corrected chi connectivity index (χ4v) is 3.56. The highest BCUT2D eigenvalue weighted by molar-refractivity contribution is 6.09. The largest absolute Gasteiger partial charge is 0.489 e. The van der Waals surface area contributed by atoms with E-state index in [0.29, 0.717) is 24.3 Å². The minimum absolute atomic E-state index is 0.0339. The Balaban J connectivity index is 1.47. The molecule has 5 nitrogen and oxygen atoms in total. The third-order valence-electron chi connectivity index (χ3n) is 5.53. The van der Waals surface area contributed by atoms with E-state index in [4.69, 9.17) is 20.1 Å². The summed E-state index contributed by atoms with van der Waals surface area (Å²) in [7, 11) is 0. The quantitative estimate of drug-likeness (QED) is 0.465. The first-order valence-corrected chi connectivity index (χ1v) is 10.7. The summed E-state index contributed by atoms with van der Waals surface area (Å²) >= 11 is 0. The zero-order chi connectivity index (χ0) is 21.8. The van der Waals surface area contributed by atoms with Crippen molar-refractivity contribution in [2.45, 2.75) is 45.8 Å². The van der Waals surface area contributed by atoms with E-state index in [0.717, 1.165) is 46.0 Å². The molecule has 31 heavy (non-hydrogen) atoms. The second kappa shape index (κ2) is 9.28. The molecular formula is C26H27N3O2. The van der Waals surface area contributed by atoms with Gasteiger partial charge in [0, 0.05) is 41.4 Å². The van der Waals surface area contributed by atoms with Gasteiger partial charge in [-0.15, -0.1) is 0 Å². The van der Waals surface area contributed by atoms with Crippen LogP contribution in [0.15, 0.2) is 48.5 Å². The van der Waals surface area contributed by atoms with Gasteiger partial charge in [0.05, 0.1) is 23.3 Å². The minimum Gasteiger partial charge on any atom is -0.489 e. The predicted octanol–water partition coefficient (Wildman–Crippen LogP) is 5.57. The zero-order valence-electron chi connectivity index (χ0n) is 18.0. The van der Waals surface area contributed by atoms with Crippen molar-refractivity contribution in [2.24, 2.45) is 5.92 Å². The van der Waals surface area contributed by atoms with Crippen molar-refractivity contribution < 1.29 is 9.47 Å². The molecule has 1 aliphatic carbocycles. The molecule has 5 heteroatoms. The van der Waals surface area contributed by atoms with E-state index >= 15 is 0 Å². The number of pyridine rings is 1. The standard InChI is InChI=1S/C26H27N3O2/c1-17-11-24(25(28)12-18(2)30-15-20-7-8-20)23-10-9-22(13-26(23)29-17)31-16-21-5-3-19(14-27)4-6-21/h3-6,9-11,13,18,20,28H,7-8,12,15-16H2,1-2H3/t18-/m0/s1. The summed E-state index contributed by atoms with van der Waals surface area (Å²) in [4.78, 5) is 4.66. The van der Waals surface area contributed by atoms with Gasteiger partial charge in [-0.25, -0.2) is 0 Å². The Labute approximate surface area is 183 Å². The molecule has 0 spiro atoms. The van der Waals surface area contributed by atoms with Gasteiger partial charge in [-0.05, 0) is 68.5 Å². The van der Waals surface area contributed by atoms with Gasteiger partial charge in [0.25, 0.3) is 0 Å².